The van der Waals surface area contributed by atoms with Crippen molar-refractivity contribution in [3.63, 3.8) is 0 Å². The fraction of sp³-hybridized carbons (Fsp3) is 0.467. The van der Waals surface area contributed by atoms with Gasteiger partial charge in [0.25, 0.3) is 0 Å². The summed E-state index contributed by atoms with van der Waals surface area (Å²) in [5, 5.41) is 13.1. The van der Waals surface area contributed by atoms with Crippen LogP contribution < -0.4 is 5.32 Å². The van der Waals surface area contributed by atoms with E-state index < -0.39 is 5.97 Å². The normalized spacial score (nSPS) is 17.1. The zero-order valence-corrected chi connectivity index (χ0v) is 14.4. The second kappa shape index (κ2) is 7.00. The average molecular weight is 349 g/mol. The van der Waals surface area contributed by atoms with Crippen LogP contribution in [0.5, 0.6) is 0 Å². The van der Waals surface area contributed by atoms with Crippen LogP contribution in [0.25, 0.3) is 0 Å². The summed E-state index contributed by atoms with van der Waals surface area (Å²) in [5.41, 5.74) is 0.379. The molecule has 9 heteroatoms. The lowest BCUT2D eigenvalue weighted by Crippen LogP contribution is -2.35. The number of hydrogen-bond donors (Lipinski definition) is 1. The highest BCUT2D eigenvalue weighted by Crippen LogP contribution is 2.32. The molecule has 0 radical (unpaired) electrons. The Morgan fingerprint density at radius 3 is 3.04 bits per heavy atom. The molecular formula is C15H19N5O3S. The van der Waals surface area contributed by atoms with E-state index in [1.807, 2.05) is 11.6 Å². The quantitative estimate of drug-likeness (QED) is 0.856. The van der Waals surface area contributed by atoms with Gasteiger partial charge in [-0.15, -0.1) is 21.5 Å². The summed E-state index contributed by atoms with van der Waals surface area (Å²) < 4.78 is 6.84. The van der Waals surface area contributed by atoms with E-state index in [4.69, 9.17) is 4.74 Å². The fourth-order valence-corrected chi connectivity index (χ4v) is 3.58. The maximum Gasteiger partial charge on any atom is 0.341 e. The van der Waals surface area contributed by atoms with Gasteiger partial charge in [0.05, 0.1) is 18.2 Å². The number of aromatic nitrogens is 3. The van der Waals surface area contributed by atoms with Crippen molar-refractivity contribution >= 4 is 28.3 Å². The highest BCUT2D eigenvalue weighted by molar-refractivity contribution is 7.14. The predicted molar refractivity (Wildman–Crippen MR) is 89.0 cm³/mol. The zero-order chi connectivity index (χ0) is 17.1. The summed E-state index contributed by atoms with van der Waals surface area (Å²) >= 11 is 1.30. The minimum Gasteiger partial charge on any atom is -0.462 e. The van der Waals surface area contributed by atoms with Crippen LogP contribution in [0.1, 0.15) is 42.0 Å². The molecule has 0 aromatic carbocycles. The molecule has 0 aliphatic carbocycles. The van der Waals surface area contributed by atoms with E-state index in [2.05, 4.69) is 15.5 Å². The van der Waals surface area contributed by atoms with Crippen LogP contribution in [0, 0.1) is 0 Å². The third kappa shape index (κ3) is 3.12. The van der Waals surface area contributed by atoms with E-state index in [-0.39, 0.29) is 12.1 Å². The number of anilines is 1. The highest BCUT2D eigenvalue weighted by Gasteiger charge is 2.33. The molecule has 0 bridgehead atoms. The van der Waals surface area contributed by atoms with E-state index in [9.17, 15) is 9.59 Å². The Kier molecular flexibility index (Phi) is 4.79. The molecule has 3 rings (SSSR count). The topological polar surface area (TPSA) is 89.3 Å². The predicted octanol–water partition coefficient (Wildman–Crippen LogP) is 2.42. The summed E-state index contributed by atoms with van der Waals surface area (Å²) in [6, 6.07) is 1.31. The van der Waals surface area contributed by atoms with Gasteiger partial charge in [0.2, 0.25) is 0 Å². The largest absolute Gasteiger partial charge is 0.462 e. The van der Waals surface area contributed by atoms with E-state index in [1.54, 1.807) is 29.6 Å². The molecule has 2 aromatic heterocycles. The number of rotatable bonds is 4. The SMILES string of the molecule is CCOC(=O)c1ccsc1NC(=O)N1CCC[C@H]1c1nncn1C. The molecule has 1 atom stereocenters. The number of carbonyl (C=O) groups is 2. The number of nitrogens with one attached hydrogen (secondary N) is 1. The van der Waals surface area contributed by atoms with Crippen LogP contribution in [0.3, 0.4) is 0 Å². The molecule has 0 unspecified atom stereocenters. The molecule has 1 aliphatic heterocycles. The van der Waals surface area contributed by atoms with Crippen LogP contribution in [-0.2, 0) is 11.8 Å². The Morgan fingerprint density at radius 1 is 1.50 bits per heavy atom. The minimum absolute atomic E-state index is 0.108. The smallest absolute Gasteiger partial charge is 0.341 e. The summed E-state index contributed by atoms with van der Waals surface area (Å²) in [6.07, 6.45) is 3.37. The number of aryl methyl sites for hydroxylation is 1. The molecule has 2 amide bonds. The van der Waals surface area contributed by atoms with Crippen molar-refractivity contribution in [1.29, 1.82) is 0 Å². The van der Waals surface area contributed by atoms with Crippen molar-refractivity contribution in [1.82, 2.24) is 19.7 Å². The number of nitrogens with zero attached hydrogens (tertiary/aromatic N) is 4. The first-order valence-corrected chi connectivity index (χ1v) is 8.66. The van der Waals surface area contributed by atoms with Crippen LogP contribution in [0.2, 0.25) is 0 Å². The lowest BCUT2D eigenvalue weighted by Gasteiger charge is -2.24. The maximum atomic E-state index is 12.7. The minimum atomic E-state index is -0.430. The molecule has 8 nitrogen and oxygen atoms in total. The number of hydrogen-bond acceptors (Lipinski definition) is 6. The van der Waals surface area contributed by atoms with Crippen molar-refractivity contribution in [2.75, 3.05) is 18.5 Å². The van der Waals surface area contributed by atoms with E-state index in [0.717, 1.165) is 18.7 Å². The molecule has 128 valence electrons. The third-order valence-corrected chi connectivity index (χ3v) is 4.77. The Morgan fingerprint density at radius 2 is 2.33 bits per heavy atom. The Hall–Kier alpha value is -2.42. The molecule has 0 spiro atoms. The van der Waals surface area contributed by atoms with Crippen LogP contribution >= 0.6 is 11.3 Å². The monoisotopic (exact) mass is 349 g/mol. The van der Waals surface area contributed by atoms with E-state index >= 15 is 0 Å². The molecule has 3 heterocycles. The van der Waals surface area contributed by atoms with Gasteiger partial charge in [-0.3, -0.25) is 5.32 Å². The number of ether oxygens (including phenoxy) is 1. The maximum absolute atomic E-state index is 12.7. The van der Waals surface area contributed by atoms with Crippen molar-refractivity contribution in [2.24, 2.45) is 7.05 Å². The number of urea groups is 1. The van der Waals surface area contributed by atoms with Crippen LogP contribution in [0.4, 0.5) is 9.80 Å². The van der Waals surface area contributed by atoms with Gasteiger partial charge in [-0.25, -0.2) is 9.59 Å². The van der Waals surface area contributed by atoms with Gasteiger partial charge in [0.15, 0.2) is 5.82 Å². The zero-order valence-electron chi connectivity index (χ0n) is 13.6. The standard InChI is InChI=1S/C15H19N5O3S/c1-3-23-14(21)10-6-8-24-13(10)17-15(22)20-7-4-5-11(20)12-18-16-9-19(12)2/h6,8-9,11H,3-5,7H2,1-2H3,(H,17,22)/t11-/m0/s1. The Labute approximate surface area is 143 Å². The number of likely N-dealkylation sites (tertiary alicyclic amines) is 1. The lowest BCUT2D eigenvalue weighted by molar-refractivity contribution is 0.0528. The average Bonchev–Trinajstić information content (AvgIpc) is 3.26. The van der Waals surface area contributed by atoms with Gasteiger partial charge >= 0.3 is 12.0 Å². The van der Waals surface area contributed by atoms with Crippen LogP contribution in [0.15, 0.2) is 17.8 Å². The fourth-order valence-electron chi connectivity index (χ4n) is 2.82. The first kappa shape index (κ1) is 16.4. The van der Waals surface area contributed by atoms with Gasteiger partial charge in [0, 0.05) is 13.6 Å². The van der Waals surface area contributed by atoms with Gasteiger partial charge < -0.3 is 14.2 Å². The molecular weight excluding hydrogens is 330 g/mol. The van der Waals surface area contributed by atoms with E-state index in [1.165, 1.54) is 11.3 Å². The summed E-state index contributed by atoms with van der Waals surface area (Å²) in [7, 11) is 1.86. The molecule has 1 aliphatic rings. The molecule has 1 fully saturated rings. The van der Waals surface area contributed by atoms with Gasteiger partial charge in [-0.1, -0.05) is 0 Å². The summed E-state index contributed by atoms with van der Waals surface area (Å²) in [4.78, 5) is 26.3. The number of esters is 1. The number of carbonyl (C=O) groups excluding carboxylic acids is 2. The van der Waals surface area contributed by atoms with Crippen molar-refractivity contribution in [3.8, 4) is 0 Å². The lowest BCUT2D eigenvalue weighted by atomic mass is 10.2. The third-order valence-electron chi connectivity index (χ3n) is 3.94. The molecule has 1 N–H and O–H groups in total. The number of thiophene rings is 1. The van der Waals surface area contributed by atoms with Crippen molar-refractivity contribution < 1.29 is 14.3 Å². The second-order valence-corrected chi connectivity index (χ2v) is 6.38. The van der Waals surface area contributed by atoms with Gasteiger partial charge in [-0.05, 0) is 31.2 Å². The number of amides is 2. The van der Waals surface area contributed by atoms with Gasteiger partial charge in [-0.2, -0.15) is 0 Å². The Balaban J connectivity index is 1.74. The summed E-state index contributed by atoms with van der Waals surface area (Å²) in [6.45, 7) is 2.68. The first-order chi connectivity index (χ1) is 11.6. The molecule has 0 saturated carbocycles. The molecule has 2 aromatic rings. The Bertz CT molecular complexity index is 741. The van der Waals surface area contributed by atoms with Crippen LogP contribution in [-0.4, -0.2) is 44.8 Å². The second-order valence-electron chi connectivity index (χ2n) is 5.47. The highest BCUT2D eigenvalue weighted by atomic mass is 32.1. The molecule has 1 saturated heterocycles. The van der Waals surface area contributed by atoms with Crippen molar-refractivity contribution in [2.45, 2.75) is 25.8 Å². The summed E-state index contributed by atoms with van der Waals surface area (Å²) in [5.74, 6) is 0.333. The first-order valence-electron chi connectivity index (χ1n) is 7.78. The molecule has 24 heavy (non-hydrogen) atoms. The van der Waals surface area contributed by atoms with Gasteiger partial charge in [0.1, 0.15) is 11.3 Å². The van der Waals surface area contributed by atoms with E-state index in [0.29, 0.717) is 23.7 Å². The van der Waals surface area contributed by atoms with Crippen molar-refractivity contribution in [3.05, 3.63) is 29.2 Å².